The standard InChI is InChI=1S/C17H14N2/c1-2-13-12-14-8-6-7-11-16(14)19-17(13)18-15-9-4-3-5-10-15/h2-12H,1H2,(H,18,19). The van der Waals surface area contributed by atoms with Gasteiger partial charge >= 0.3 is 0 Å². The molecule has 0 radical (unpaired) electrons. The van der Waals surface area contributed by atoms with Crippen molar-refractivity contribution >= 4 is 28.5 Å². The molecule has 0 spiro atoms. The molecule has 0 saturated carbocycles. The van der Waals surface area contributed by atoms with Gasteiger partial charge in [0.2, 0.25) is 0 Å². The number of benzene rings is 2. The van der Waals surface area contributed by atoms with Gasteiger partial charge in [-0.15, -0.1) is 0 Å². The van der Waals surface area contributed by atoms with Gasteiger partial charge in [-0.2, -0.15) is 0 Å². The highest BCUT2D eigenvalue weighted by Gasteiger charge is 2.04. The summed E-state index contributed by atoms with van der Waals surface area (Å²) in [6.45, 7) is 3.86. The zero-order valence-electron chi connectivity index (χ0n) is 10.5. The summed E-state index contributed by atoms with van der Waals surface area (Å²) in [4.78, 5) is 4.66. The van der Waals surface area contributed by atoms with Crippen LogP contribution in [0.25, 0.3) is 17.0 Å². The van der Waals surface area contributed by atoms with Crippen molar-refractivity contribution < 1.29 is 0 Å². The fourth-order valence-corrected chi connectivity index (χ4v) is 2.05. The topological polar surface area (TPSA) is 24.9 Å². The summed E-state index contributed by atoms with van der Waals surface area (Å²) in [6.07, 6.45) is 1.82. The molecule has 92 valence electrons. The Hall–Kier alpha value is -2.61. The van der Waals surface area contributed by atoms with Crippen LogP contribution in [-0.2, 0) is 0 Å². The van der Waals surface area contributed by atoms with Gasteiger partial charge < -0.3 is 5.32 Å². The molecule has 0 saturated heterocycles. The first-order valence-electron chi connectivity index (χ1n) is 6.21. The molecule has 0 aliphatic carbocycles. The van der Waals surface area contributed by atoms with Gasteiger partial charge in [-0.1, -0.05) is 49.1 Å². The maximum Gasteiger partial charge on any atom is 0.138 e. The van der Waals surface area contributed by atoms with Crippen LogP contribution in [0.15, 0.2) is 67.2 Å². The van der Waals surface area contributed by atoms with E-state index in [1.165, 1.54) is 0 Å². The minimum absolute atomic E-state index is 0.833. The minimum atomic E-state index is 0.833. The van der Waals surface area contributed by atoms with E-state index in [2.05, 4.69) is 29.0 Å². The Morgan fingerprint density at radius 2 is 1.68 bits per heavy atom. The molecule has 0 fully saturated rings. The summed E-state index contributed by atoms with van der Waals surface area (Å²) in [5.74, 6) is 0.833. The maximum absolute atomic E-state index is 4.66. The van der Waals surface area contributed by atoms with Crippen LogP contribution in [0.5, 0.6) is 0 Å². The van der Waals surface area contributed by atoms with E-state index < -0.39 is 0 Å². The zero-order chi connectivity index (χ0) is 13.1. The second kappa shape index (κ2) is 4.94. The Morgan fingerprint density at radius 3 is 2.47 bits per heavy atom. The molecule has 1 N–H and O–H groups in total. The molecule has 19 heavy (non-hydrogen) atoms. The predicted octanol–water partition coefficient (Wildman–Crippen LogP) is 4.62. The summed E-state index contributed by atoms with van der Waals surface area (Å²) in [6, 6.07) is 20.2. The van der Waals surface area contributed by atoms with Crippen molar-refractivity contribution in [3.8, 4) is 0 Å². The van der Waals surface area contributed by atoms with Crippen molar-refractivity contribution in [2.45, 2.75) is 0 Å². The van der Waals surface area contributed by atoms with Gasteiger partial charge in [-0.05, 0) is 24.3 Å². The highest BCUT2D eigenvalue weighted by atomic mass is 15.0. The highest BCUT2D eigenvalue weighted by molar-refractivity contribution is 5.85. The van der Waals surface area contributed by atoms with Crippen molar-refractivity contribution in [3.63, 3.8) is 0 Å². The van der Waals surface area contributed by atoms with Crippen molar-refractivity contribution in [3.05, 3.63) is 72.8 Å². The second-order valence-electron chi connectivity index (χ2n) is 4.31. The normalized spacial score (nSPS) is 10.3. The van der Waals surface area contributed by atoms with Gasteiger partial charge in [0.25, 0.3) is 0 Å². The lowest BCUT2D eigenvalue weighted by Gasteiger charge is -2.10. The largest absolute Gasteiger partial charge is 0.340 e. The molecule has 0 amide bonds. The fourth-order valence-electron chi connectivity index (χ4n) is 2.05. The summed E-state index contributed by atoms with van der Waals surface area (Å²) in [5, 5.41) is 4.45. The third-order valence-corrected chi connectivity index (χ3v) is 3.01. The fraction of sp³-hybridized carbons (Fsp3) is 0. The number of anilines is 2. The van der Waals surface area contributed by atoms with Crippen LogP contribution in [0, 0.1) is 0 Å². The monoisotopic (exact) mass is 246 g/mol. The van der Waals surface area contributed by atoms with Crippen LogP contribution >= 0.6 is 0 Å². The average molecular weight is 246 g/mol. The average Bonchev–Trinajstić information content (AvgIpc) is 2.47. The summed E-state index contributed by atoms with van der Waals surface area (Å²) in [7, 11) is 0. The van der Waals surface area contributed by atoms with Crippen LogP contribution in [0.3, 0.4) is 0 Å². The Morgan fingerprint density at radius 1 is 0.947 bits per heavy atom. The lowest BCUT2D eigenvalue weighted by molar-refractivity contribution is 1.36. The quantitative estimate of drug-likeness (QED) is 0.729. The lowest BCUT2D eigenvalue weighted by atomic mass is 10.1. The molecule has 0 aliphatic rings. The molecule has 2 heteroatoms. The Labute approximate surface area is 112 Å². The third-order valence-electron chi connectivity index (χ3n) is 3.01. The molecule has 1 heterocycles. The van der Waals surface area contributed by atoms with Crippen molar-refractivity contribution in [1.29, 1.82) is 0 Å². The number of rotatable bonds is 3. The van der Waals surface area contributed by atoms with Gasteiger partial charge in [0, 0.05) is 16.6 Å². The molecule has 2 aromatic carbocycles. The molecule has 0 aliphatic heterocycles. The zero-order valence-corrected chi connectivity index (χ0v) is 10.5. The van der Waals surface area contributed by atoms with Crippen molar-refractivity contribution in [2.24, 2.45) is 0 Å². The Bertz CT molecular complexity index is 718. The number of aromatic nitrogens is 1. The van der Waals surface area contributed by atoms with Crippen LogP contribution < -0.4 is 5.32 Å². The summed E-state index contributed by atoms with van der Waals surface area (Å²) >= 11 is 0. The summed E-state index contributed by atoms with van der Waals surface area (Å²) < 4.78 is 0. The van der Waals surface area contributed by atoms with Crippen LogP contribution in [0.1, 0.15) is 5.56 Å². The molecular formula is C17H14N2. The number of hydrogen-bond donors (Lipinski definition) is 1. The van der Waals surface area contributed by atoms with Crippen LogP contribution in [0.2, 0.25) is 0 Å². The van der Waals surface area contributed by atoms with E-state index in [0.29, 0.717) is 0 Å². The first kappa shape index (κ1) is 11.5. The van der Waals surface area contributed by atoms with Crippen molar-refractivity contribution in [1.82, 2.24) is 4.98 Å². The second-order valence-corrected chi connectivity index (χ2v) is 4.31. The van der Waals surface area contributed by atoms with E-state index >= 15 is 0 Å². The van der Waals surface area contributed by atoms with Crippen LogP contribution in [-0.4, -0.2) is 4.98 Å². The number of para-hydroxylation sites is 2. The van der Waals surface area contributed by atoms with Gasteiger partial charge in [0.05, 0.1) is 5.52 Å². The molecule has 0 unspecified atom stereocenters. The number of hydrogen-bond acceptors (Lipinski definition) is 2. The Kier molecular flexibility index (Phi) is 2.99. The van der Waals surface area contributed by atoms with E-state index in [9.17, 15) is 0 Å². The number of pyridine rings is 1. The van der Waals surface area contributed by atoms with Gasteiger partial charge in [0.1, 0.15) is 5.82 Å². The van der Waals surface area contributed by atoms with E-state index in [4.69, 9.17) is 0 Å². The van der Waals surface area contributed by atoms with Gasteiger partial charge in [-0.25, -0.2) is 4.98 Å². The molecule has 0 bridgehead atoms. The molecular weight excluding hydrogens is 232 g/mol. The number of nitrogens with zero attached hydrogens (tertiary/aromatic N) is 1. The maximum atomic E-state index is 4.66. The van der Waals surface area contributed by atoms with E-state index in [0.717, 1.165) is 28.0 Å². The van der Waals surface area contributed by atoms with E-state index in [1.807, 2.05) is 54.6 Å². The predicted molar refractivity (Wildman–Crippen MR) is 81.6 cm³/mol. The number of nitrogens with one attached hydrogen (secondary N) is 1. The third kappa shape index (κ3) is 2.33. The summed E-state index contributed by atoms with van der Waals surface area (Å²) in [5.41, 5.74) is 3.00. The Balaban J connectivity index is 2.09. The lowest BCUT2D eigenvalue weighted by Crippen LogP contribution is -1.96. The molecule has 0 atom stereocenters. The molecule has 1 aromatic heterocycles. The molecule has 3 aromatic rings. The van der Waals surface area contributed by atoms with Crippen LogP contribution in [0.4, 0.5) is 11.5 Å². The van der Waals surface area contributed by atoms with E-state index in [1.54, 1.807) is 0 Å². The first-order chi connectivity index (χ1) is 9.36. The van der Waals surface area contributed by atoms with E-state index in [-0.39, 0.29) is 0 Å². The van der Waals surface area contributed by atoms with Crippen molar-refractivity contribution in [2.75, 3.05) is 5.32 Å². The highest BCUT2D eigenvalue weighted by Crippen LogP contribution is 2.24. The molecule has 3 rings (SSSR count). The smallest absolute Gasteiger partial charge is 0.138 e. The first-order valence-corrected chi connectivity index (χ1v) is 6.21. The van der Waals surface area contributed by atoms with Gasteiger partial charge in [-0.3, -0.25) is 0 Å². The van der Waals surface area contributed by atoms with Gasteiger partial charge in [0.15, 0.2) is 0 Å². The number of fused-ring (bicyclic) bond motifs is 1. The SMILES string of the molecule is C=Cc1cc2ccccc2nc1Nc1ccccc1. The molecule has 2 nitrogen and oxygen atoms in total. The minimum Gasteiger partial charge on any atom is -0.340 e.